The fourth-order valence-electron chi connectivity index (χ4n) is 3.40. The molecule has 31 heavy (non-hydrogen) atoms. The number of nitrogens with zero attached hydrogens (tertiary/aromatic N) is 1. The zero-order valence-electron chi connectivity index (χ0n) is 17.7. The number of esters is 1. The molecule has 8 heteroatoms. The molecule has 0 saturated carbocycles. The van der Waals surface area contributed by atoms with Gasteiger partial charge in [0.25, 0.3) is 0 Å². The first-order valence-electron chi connectivity index (χ1n) is 10.0. The maximum Gasteiger partial charge on any atom is 0.410 e. The summed E-state index contributed by atoms with van der Waals surface area (Å²) in [5.74, 6) is -0.293. The molecule has 1 aliphatic heterocycles. The lowest BCUT2D eigenvalue weighted by molar-refractivity contribution is -0.147. The van der Waals surface area contributed by atoms with E-state index in [0.29, 0.717) is 29.3 Å². The molecule has 1 amide bonds. The molecule has 0 radical (unpaired) electrons. The van der Waals surface area contributed by atoms with Gasteiger partial charge in [0.15, 0.2) is 6.04 Å². The van der Waals surface area contributed by atoms with Crippen LogP contribution in [0.4, 0.5) is 9.18 Å². The van der Waals surface area contributed by atoms with Crippen LogP contribution >= 0.6 is 11.6 Å². The summed E-state index contributed by atoms with van der Waals surface area (Å²) < 4.78 is 30.0. The van der Waals surface area contributed by atoms with Crippen molar-refractivity contribution in [3.63, 3.8) is 0 Å². The molecule has 1 aliphatic rings. The minimum absolute atomic E-state index is 0.0294. The first-order valence-corrected chi connectivity index (χ1v) is 10.4. The molecule has 0 N–H and O–H groups in total. The maximum atomic E-state index is 14.0. The van der Waals surface area contributed by atoms with Crippen LogP contribution in [-0.4, -0.2) is 37.2 Å². The zero-order chi connectivity index (χ0) is 22.5. The molecule has 0 fully saturated rings. The third-order valence-electron chi connectivity index (χ3n) is 4.99. The van der Waals surface area contributed by atoms with Gasteiger partial charge in [-0.3, -0.25) is 4.90 Å². The second kappa shape index (κ2) is 10.0. The Labute approximate surface area is 185 Å². The second-order valence-electron chi connectivity index (χ2n) is 7.69. The Bertz CT molecular complexity index is 945. The van der Waals surface area contributed by atoms with E-state index in [-0.39, 0.29) is 24.7 Å². The minimum Gasteiger partial charge on any atom is -0.489 e. The number of hydrogen-bond acceptors (Lipinski definition) is 5. The maximum absolute atomic E-state index is 14.0. The molecule has 0 bridgehead atoms. The number of halogens is 2. The topological polar surface area (TPSA) is 65.1 Å². The van der Waals surface area contributed by atoms with E-state index in [1.54, 1.807) is 24.3 Å². The van der Waals surface area contributed by atoms with Crippen LogP contribution in [-0.2, 0) is 27.3 Å². The molecule has 0 aromatic heterocycles. The number of benzene rings is 2. The molecule has 2 aromatic carbocycles. The van der Waals surface area contributed by atoms with Crippen molar-refractivity contribution in [1.82, 2.24) is 4.90 Å². The van der Waals surface area contributed by atoms with E-state index in [9.17, 15) is 14.0 Å². The Balaban J connectivity index is 1.80. The van der Waals surface area contributed by atoms with Crippen LogP contribution in [0.15, 0.2) is 36.4 Å². The molecule has 0 aliphatic carbocycles. The summed E-state index contributed by atoms with van der Waals surface area (Å²) in [6, 6.07) is 8.74. The lowest BCUT2D eigenvalue weighted by Gasteiger charge is -2.35. The van der Waals surface area contributed by atoms with Crippen molar-refractivity contribution >= 4 is 23.7 Å². The fraction of sp³-hybridized carbons (Fsp3) is 0.391. The van der Waals surface area contributed by atoms with E-state index in [0.717, 1.165) is 5.56 Å². The summed E-state index contributed by atoms with van der Waals surface area (Å²) in [4.78, 5) is 26.4. The number of carbonyl (C=O) groups is 2. The number of methoxy groups -OCH3 is 1. The average Bonchev–Trinajstić information content (AvgIpc) is 2.75. The number of rotatable bonds is 6. The SMILES string of the molecule is COC(=O)C1c2ccc(OCc3c(F)cccc3Cl)cc2CCN1C(=O)OCC(C)C. The van der Waals surface area contributed by atoms with Gasteiger partial charge in [-0.05, 0) is 47.7 Å². The van der Waals surface area contributed by atoms with Crippen molar-refractivity contribution in [1.29, 1.82) is 0 Å². The number of amides is 1. The van der Waals surface area contributed by atoms with Crippen LogP contribution in [0, 0.1) is 11.7 Å². The highest BCUT2D eigenvalue weighted by Crippen LogP contribution is 2.34. The normalized spacial score (nSPS) is 15.4. The molecule has 1 atom stereocenters. The largest absolute Gasteiger partial charge is 0.489 e. The van der Waals surface area contributed by atoms with E-state index in [4.69, 9.17) is 25.8 Å². The highest BCUT2D eigenvalue weighted by atomic mass is 35.5. The quantitative estimate of drug-likeness (QED) is 0.585. The van der Waals surface area contributed by atoms with Crippen LogP contribution in [0.3, 0.4) is 0 Å². The molecule has 6 nitrogen and oxygen atoms in total. The zero-order valence-corrected chi connectivity index (χ0v) is 18.4. The number of fused-ring (bicyclic) bond motifs is 1. The molecule has 1 unspecified atom stereocenters. The number of carbonyl (C=O) groups excluding carboxylic acids is 2. The van der Waals surface area contributed by atoms with Crippen LogP contribution in [0.5, 0.6) is 5.75 Å². The third kappa shape index (κ3) is 5.28. The molecule has 0 spiro atoms. The summed E-state index contributed by atoms with van der Waals surface area (Å²) in [6.07, 6.45) is -0.0404. The molecule has 166 valence electrons. The third-order valence-corrected chi connectivity index (χ3v) is 5.34. The van der Waals surface area contributed by atoms with Crippen molar-refractivity contribution < 1.29 is 28.2 Å². The van der Waals surface area contributed by atoms with Gasteiger partial charge in [-0.15, -0.1) is 0 Å². The van der Waals surface area contributed by atoms with Gasteiger partial charge < -0.3 is 14.2 Å². The van der Waals surface area contributed by atoms with Gasteiger partial charge in [0.2, 0.25) is 0 Å². The first-order chi connectivity index (χ1) is 14.8. The fourth-order valence-corrected chi connectivity index (χ4v) is 3.62. The highest BCUT2D eigenvalue weighted by molar-refractivity contribution is 6.31. The number of hydrogen-bond donors (Lipinski definition) is 0. The molecule has 3 rings (SSSR count). The molecular formula is C23H25ClFNO5. The van der Waals surface area contributed by atoms with Crippen molar-refractivity contribution in [3.8, 4) is 5.75 Å². The lowest BCUT2D eigenvalue weighted by atomic mass is 9.92. The highest BCUT2D eigenvalue weighted by Gasteiger charge is 2.38. The Kier molecular flexibility index (Phi) is 7.38. The first kappa shape index (κ1) is 22.9. The molecular weight excluding hydrogens is 425 g/mol. The standard InChI is InChI=1S/C23H25ClFNO5/c1-14(2)12-31-23(28)26-10-9-15-11-16(7-8-17(15)21(26)22(27)29-3)30-13-18-19(24)5-4-6-20(18)25/h4-8,11,14,21H,9-10,12-13H2,1-3H3. The summed E-state index contributed by atoms with van der Waals surface area (Å²) in [5.41, 5.74) is 1.77. The minimum atomic E-state index is -0.900. The van der Waals surface area contributed by atoms with E-state index < -0.39 is 23.9 Å². The van der Waals surface area contributed by atoms with E-state index in [1.807, 2.05) is 13.8 Å². The average molecular weight is 450 g/mol. The Morgan fingerprint density at radius 1 is 1.26 bits per heavy atom. The van der Waals surface area contributed by atoms with Crippen LogP contribution < -0.4 is 4.74 Å². The lowest BCUT2D eigenvalue weighted by Crippen LogP contribution is -2.44. The second-order valence-corrected chi connectivity index (χ2v) is 8.10. The Morgan fingerprint density at radius 2 is 2.03 bits per heavy atom. The van der Waals surface area contributed by atoms with Crippen LogP contribution in [0.1, 0.15) is 36.6 Å². The summed E-state index contributed by atoms with van der Waals surface area (Å²) in [5, 5.41) is 0.291. The van der Waals surface area contributed by atoms with E-state index >= 15 is 0 Å². The van der Waals surface area contributed by atoms with Gasteiger partial charge >= 0.3 is 12.1 Å². The van der Waals surface area contributed by atoms with Crippen molar-refractivity contribution in [2.24, 2.45) is 5.92 Å². The van der Waals surface area contributed by atoms with Crippen LogP contribution in [0.2, 0.25) is 5.02 Å². The van der Waals surface area contributed by atoms with E-state index in [1.165, 1.54) is 24.1 Å². The van der Waals surface area contributed by atoms with E-state index in [2.05, 4.69) is 0 Å². The smallest absolute Gasteiger partial charge is 0.410 e. The number of ether oxygens (including phenoxy) is 3. The Morgan fingerprint density at radius 3 is 2.71 bits per heavy atom. The van der Waals surface area contributed by atoms with Gasteiger partial charge in [-0.2, -0.15) is 0 Å². The van der Waals surface area contributed by atoms with Crippen LogP contribution in [0.25, 0.3) is 0 Å². The summed E-state index contributed by atoms with van der Waals surface area (Å²) >= 11 is 6.05. The predicted molar refractivity (Wildman–Crippen MR) is 114 cm³/mol. The van der Waals surface area contributed by atoms with Crippen molar-refractivity contribution in [2.45, 2.75) is 32.9 Å². The predicted octanol–water partition coefficient (Wildman–Crippen LogP) is 4.92. The van der Waals surface area contributed by atoms with Gasteiger partial charge in [-0.25, -0.2) is 14.0 Å². The molecule has 0 saturated heterocycles. The van der Waals surface area contributed by atoms with Crippen molar-refractivity contribution in [2.75, 3.05) is 20.3 Å². The molecule has 2 aromatic rings. The monoisotopic (exact) mass is 449 g/mol. The van der Waals surface area contributed by atoms with Gasteiger partial charge in [0.05, 0.1) is 18.7 Å². The van der Waals surface area contributed by atoms with Crippen molar-refractivity contribution in [3.05, 3.63) is 63.9 Å². The van der Waals surface area contributed by atoms with Gasteiger partial charge in [0, 0.05) is 12.1 Å². The van der Waals surface area contributed by atoms with Gasteiger partial charge in [0.1, 0.15) is 18.2 Å². The summed E-state index contributed by atoms with van der Waals surface area (Å²) in [7, 11) is 1.28. The van der Waals surface area contributed by atoms with Gasteiger partial charge in [-0.1, -0.05) is 37.6 Å². The summed E-state index contributed by atoms with van der Waals surface area (Å²) in [6.45, 7) is 4.41. The Hall–Kier alpha value is -2.80. The molecule has 1 heterocycles.